The average molecular weight is 330 g/mol. The summed E-state index contributed by atoms with van der Waals surface area (Å²) < 4.78 is 5.61. The third kappa shape index (κ3) is 3.60. The van der Waals surface area contributed by atoms with E-state index < -0.39 is 0 Å². The van der Waals surface area contributed by atoms with Crippen molar-refractivity contribution >= 4 is 11.6 Å². The van der Waals surface area contributed by atoms with Crippen LogP contribution in [-0.2, 0) is 5.41 Å². The van der Waals surface area contributed by atoms with E-state index in [0.29, 0.717) is 22.9 Å². The lowest BCUT2D eigenvalue weighted by molar-refractivity contribution is 0.316. The van der Waals surface area contributed by atoms with E-state index in [1.165, 1.54) is 0 Å². The van der Waals surface area contributed by atoms with Gasteiger partial charge in [-0.2, -0.15) is 5.26 Å². The van der Waals surface area contributed by atoms with Crippen molar-refractivity contribution in [2.75, 3.05) is 6.61 Å². The third-order valence-electron chi connectivity index (χ3n) is 3.93. The van der Waals surface area contributed by atoms with Gasteiger partial charge in [-0.1, -0.05) is 44.5 Å². The summed E-state index contributed by atoms with van der Waals surface area (Å²) >= 11 is 6.35. The Morgan fingerprint density at radius 2 is 1.83 bits per heavy atom. The zero-order valence-corrected chi connectivity index (χ0v) is 14.3. The molecule has 0 saturated heterocycles. The highest BCUT2D eigenvalue weighted by Crippen LogP contribution is 2.38. The number of phenolic OH excluding ortho intramolecular Hbond substituents is 1. The quantitative estimate of drug-likeness (QED) is 0.836. The first kappa shape index (κ1) is 17.2. The fourth-order valence-corrected chi connectivity index (χ4v) is 2.71. The molecule has 120 valence electrons. The maximum atomic E-state index is 9.46. The number of rotatable bonds is 5. The van der Waals surface area contributed by atoms with Gasteiger partial charge in [0.1, 0.15) is 11.8 Å². The summed E-state index contributed by atoms with van der Waals surface area (Å²) in [6.45, 7) is 6.63. The van der Waals surface area contributed by atoms with Gasteiger partial charge in [-0.05, 0) is 41.8 Å². The molecule has 1 N–H and O–H groups in total. The molecule has 0 aliphatic rings. The molecule has 2 rings (SSSR count). The van der Waals surface area contributed by atoms with Gasteiger partial charge in [-0.3, -0.25) is 0 Å². The van der Waals surface area contributed by atoms with Gasteiger partial charge in [0.25, 0.3) is 0 Å². The van der Waals surface area contributed by atoms with Crippen LogP contribution in [0, 0.1) is 11.3 Å². The molecule has 0 aliphatic heterocycles. The molecule has 0 amide bonds. The second-order valence-electron chi connectivity index (χ2n) is 5.97. The van der Waals surface area contributed by atoms with Gasteiger partial charge < -0.3 is 9.84 Å². The Kier molecular flexibility index (Phi) is 5.18. The van der Waals surface area contributed by atoms with Gasteiger partial charge in [0.05, 0.1) is 17.2 Å². The standard InChI is InChI=1S/C19H20ClNO2/c1-4-9-23-18-13(12-21)10-15(11-17(18)20)19(2,3)14-5-7-16(22)8-6-14/h5-8,10-11,22H,4,9H2,1-3H3. The molecule has 4 heteroatoms. The van der Waals surface area contributed by atoms with Crippen molar-refractivity contribution in [2.45, 2.75) is 32.6 Å². The van der Waals surface area contributed by atoms with Gasteiger partial charge in [0.15, 0.2) is 5.75 Å². The lowest BCUT2D eigenvalue weighted by Crippen LogP contribution is -2.19. The van der Waals surface area contributed by atoms with Crippen molar-refractivity contribution in [3.05, 3.63) is 58.1 Å². The van der Waals surface area contributed by atoms with E-state index in [4.69, 9.17) is 16.3 Å². The Hall–Kier alpha value is -2.18. The molecule has 0 heterocycles. The summed E-state index contributed by atoms with van der Waals surface area (Å²) in [5, 5.41) is 19.3. The first-order valence-corrected chi connectivity index (χ1v) is 7.94. The van der Waals surface area contributed by atoms with Crippen LogP contribution >= 0.6 is 11.6 Å². The maximum absolute atomic E-state index is 9.46. The Morgan fingerprint density at radius 3 is 2.39 bits per heavy atom. The molecule has 0 radical (unpaired) electrons. The minimum Gasteiger partial charge on any atom is -0.508 e. The van der Waals surface area contributed by atoms with Crippen LogP contribution in [0.1, 0.15) is 43.9 Å². The first-order chi connectivity index (χ1) is 10.9. The van der Waals surface area contributed by atoms with Crippen LogP contribution in [0.2, 0.25) is 5.02 Å². The second kappa shape index (κ2) is 6.93. The molecule has 23 heavy (non-hydrogen) atoms. The molecule has 0 bridgehead atoms. The van der Waals surface area contributed by atoms with Crippen LogP contribution in [0.3, 0.4) is 0 Å². The summed E-state index contributed by atoms with van der Waals surface area (Å²) in [5.74, 6) is 0.671. The zero-order chi connectivity index (χ0) is 17.0. The van der Waals surface area contributed by atoms with Gasteiger partial charge in [0, 0.05) is 5.41 Å². The largest absolute Gasteiger partial charge is 0.508 e. The van der Waals surface area contributed by atoms with Gasteiger partial charge in [-0.15, -0.1) is 0 Å². The minimum atomic E-state index is -0.355. The maximum Gasteiger partial charge on any atom is 0.155 e. The van der Waals surface area contributed by atoms with E-state index in [1.807, 2.05) is 31.2 Å². The number of phenols is 1. The summed E-state index contributed by atoms with van der Waals surface area (Å²) in [6.07, 6.45) is 0.849. The molecule has 0 aliphatic carbocycles. The highest BCUT2D eigenvalue weighted by Gasteiger charge is 2.25. The van der Waals surface area contributed by atoms with Crippen molar-refractivity contribution in [2.24, 2.45) is 0 Å². The van der Waals surface area contributed by atoms with Gasteiger partial charge in [-0.25, -0.2) is 0 Å². The van der Waals surface area contributed by atoms with E-state index in [9.17, 15) is 10.4 Å². The Balaban J connectivity index is 2.49. The van der Waals surface area contributed by atoms with Crippen molar-refractivity contribution in [1.82, 2.24) is 0 Å². The number of hydrogen-bond acceptors (Lipinski definition) is 3. The van der Waals surface area contributed by atoms with Crippen molar-refractivity contribution in [1.29, 1.82) is 5.26 Å². The number of nitrogens with zero attached hydrogens (tertiary/aromatic N) is 1. The lowest BCUT2D eigenvalue weighted by atomic mass is 9.77. The van der Waals surface area contributed by atoms with Crippen LogP contribution < -0.4 is 4.74 Å². The average Bonchev–Trinajstić information content (AvgIpc) is 2.53. The number of benzene rings is 2. The van der Waals surface area contributed by atoms with Crippen LogP contribution in [0.4, 0.5) is 0 Å². The second-order valence-corrected chi connectivity index (χ2v) is 6.37. The molecule has 3 nitrogen and oxygen atoms in total. The monoisotopic (exact) mass is 329 g/mol. The van der Waals surface area contributed by atoms with E-state index in [1.54, 1.807) is 12.1 Å². The first-order valence-electron chi connectivity index (χ1n) is 7.56. The smallest absolute Gasteiger partial charge is 0.155 e. The number of ether oxygens (including phenoxy) is 1. The van der Waals surface area contributed by atoms with Crippen molar-refractivity contribution < 1.29 is 9.84 Å². The third-order valence-corrected chi connectivity index (χ3v) is 4.21. The number of aromatic hydroxyl groups is 1. The fraction of sp³-hybridized carbons (Fsp3) is 0.316. The normalized spacial score (nSPS) is 11.1. The Morgan fingerprint density at radius 1 is 1.17 bits per heavy atom. The number of hydrogen-bond donors (Lipinski definition) is 1. The van der Waals surface area contributed by atoms with E-state index >= 15 is 0 Å². The topological polar surface area (TPSA) is 53.2 Å². The zero-order valence-electron chi connectivity index (χ0n) is 13.6. The summed E-state index contributed by atoms with van der Waals surface area (Å²) in [6, 6.07) is 12.9. The molecular formula is C19H20ClNO2. The molecule has 0 spiro atoms. The summed E-state index contributed by atoms with van der Waals surface area (Å²) in [4.78, 5) is 0. The minimum absolute atomic E-state index is 0.226. The number of halogens is 1. The molecule has 0 unspecified atom stereocenters. The molecule has 0 aromatic heterocycles. The molecule has 0 saturated carbocycles. The van der Waals surface area contributed by atoms with Crippen molar-refractivity contribution in [3.8, 4) is 17.6 Å². The molecule has 0 atom stereocenters. The van der Waals surface area contributed by atoms with Crippen molar-refractivity contribution in [3.63, 3.8) is 0 Å². The highest BCUT2D eigenvalue weighted by atomic mass is 35.5. The van der Waals surface area contributed by atoms with E-state index in [0.717, 1.165) is 17.5 Å². The molecule has 0 fully saturated rings. The Labute approximate surface area is 142 Å². The van der Waals surface area contributed by atoms with E-state index in [2.05, 4.69) is 19.9 Å². The molecule has 2 aromatic rings. The summed E-state index contributed by atoms with van der Waals surface area (Å²) in [5.41, 5.74) is 2.03. The highest BCUT2D eigenvalue weighted by molar-refractivity contribution is 6.32. The van der Waals surface area contributed by atoms with Crippen LogP contribution in [0.5, 0.6) is 11.5 Å². The van der Waals surface area contributed by atoms with Gasteiger partial charge in [0.2, 0.25) is 0 Å². The number of nitriles is 1. The summed E-state index contributed by atoms with van der Waals surface area (Å²) in [7, 11) is 0. The molecular weight excluding hydrogens is 310 g/mol. The van der Waals surface area contributed by atoms with E-state index in [-0.39, 0.29) is 11.2 Å². The predicted molar refractivity (Wildman–Crippen MR) is 92.2 cm³/mol. The van der Waals surface area contributed by atoms with Crippen LogP contribution in [0.25, 0.3) is 0 Å². The molecule has 2 aromatic carbocycles. The Bertz CT molecular complexity index is 730. The SMILES string of the molecule is CCCOc1c(Cl)cc(C(C)(C)c2ccc(O)cc2)cc1C#N. The van der Waals surface area contributed by atoms with Crippen LogP contribution in [-0.4, -0.2) is 11.7 Å². The van der Waals surface area contributed by atoms with Gasteiger partial charge >= 0.3 is 0 Å². The lowest BCUT2D eigenvalue weighted by Gasteiger charge is -2.27. The van der Waals surface area contributed by atoms with Crippen LogP contribution in [0.15, 0.2) is 36.4 Å². The fourth-order valence-electron chi connectivity index (χ4n) is 2.43. The predicted octanol–water partition coefficient (Wildman–Crippen LogP) is 5.03.